The van der Waals surface area contributed by atoms with Crippen molar-refractivity contribution >= 4 is 11.9 Å². The highest BCUT2D eigenvalue weighted by Gasteiger charge is 2.19. The van der Waals surface area contributed by atoms with Gasteiger partial charge in [0.1, 0.15) is 12.6 Å². The maximum atomic E-state index is 11.0. The van der Waals surface area contributed by atoms with Crippen LogP contribution in [0.15, 0.2) is 24.5 Å². The molecule has 1 aromatic heterocycles. The van der Waals surface area contributed by atoms with E-state index < -0.39 is 12.0 Å². The molecule has 0 bridgehead atoms. The first-order valence-electron chi connectivity index (χ1n) is 6.00. The summed E-state index contributed by atoms with van der Waals surface area (Å²) in [6.45, 7) is 4.35. The van der Waals surface area contributed by atoms with Crippen molar-refractivity contribution in [3.8, 4) is 0 Å². The summed E-state index contributed by atoms with van der Waals surface area (Å²) in [5.74, 6) is -1.35. The van der Waals surface area contributed by atoms with Gasteiger partial charge in [0, 0.05) is 31.9 Å². The number of carboxylic acids is 1. The number of pyridine rings is 1. The van der Waals surface area contributed by atoms with Crippen molar-refractivity contribution < 1.29 is 19.3 Å². The highest BCUT2D eigenvalue weighted by atomic mass is 16.4. The highest BCUT2D eigenvalue weighted by Crippen LogP contribution is 2.02. The number of amides is 1. The van der Waals surface area contributed by atoms with Crippen LogP contribution in [0.3, 0.4) is 0 Å². The molecule has 0 aromatic carbocycles. The van der Waals surface area contributed by atoms with Crippen LogP contribution in [0.2, 0.25) is 0 Å². The molecule has 0 unspecified atom stereocenters. The van der Waals surface area contributed by atoms with Crippen LogP contribution in [0.1, 0.15) is 25.8 Å². The predicted octanol–water partition coefficient (Wildman–Crippen LogP) is 0.516. The van der Waals surface area contributed by atoms with Crippen molar-refractivity contribution in [3.05, 3.63) is 30.1 Å². The van der Waals surface area contributed by atoms with Crippen LogP contribution in [0.4, 0.5) is 0 Å². The Labute approximate surface area is 106 Å². The number of hydrogen-bond donors (Lipinski definition) is 2. The first-order valence-corrected chi connectivity index (χ1v) is 6.00. The topological polar surface area (TPSA) is 70.3 Å². The number of rotatable bonds is 6. The third-order valence-electron chi connectivity index (χ3n) is 2.56. The fourth-order valence-electron chi connectivity index (χ4n) is 1.71. The van der Waals surface area contributed by atoms with Gasteiger partial charge in [-0.1, -0.05) is 6.92 Å². The molecule has 98 valence electrons. The molecule has 0 aliphatic carbocycles. The molecule has 2 N–H and O–H groups in total. The Balaban J connectivity index is 2.68. The molecule has 0 radical (unpaired) electrons. The summed E-state index contributed by atoms with van der Waals surface area (Å²) in [7, 11) is 0. The van der Waals surface area contributed by atoms with Crippen LogP contribution in [0.5, 0.6) is 0 Å². The van der Waals surface area contributed by atoms with E-state index >= 15 is 0 Å². The standard InChI is InChI=1S/C13H18N2O3/c1-3-6-15-7-4-11(5-8-15)9-12(13(17)18)14-10(2)16/h4-5,7-8,12H,3,6,9H2,1-2H3,(H-,14,16,17,18)/p+1/t12-/m1/s1. The fourth-order valence-corrected chi connectivity index (χ4v) is 1.71. The number of nitrogens with zero attached hydrogens (tertiary/aromatic N) is 1. The first kappa shape index (κ1) is 14.2. The van der Waals surface area contributed by atoms with Crippen molar-refractivity contribution in [1.29, 1.82) is 0 Å². The van der Waals surface area contributed by atoms with E-state index in [0.29, 0.717) is 6.42 Å². The molecule has 5 nitrogen and oxygen atoms in total. The van der Waals surface area contributed by atoms with Crippen LogP contribution >= 0.6 is 0 Å². The Morgan fingerprint density at radius 2 is 2.00 bits per heavy atom. The van der Waals surface area contributed by atoms with Crippen LogP contribution in [0.25, 0.3) is 0 Å². The van der Waals surface area contributed by atoms with Crippen LogP contribution in [0, 0.1) is 0 Å². The minimum absolute atomic E-state index is 0.294. The molecule has 1 amide bonds. The van der Waals surface area contributed by atoms with Crippen molar-refractivity contribution in [2.75, 3.05) is 0 Å². The van der Waals surface area contributed by atoms with Gasteiger partial charge in [-0.3, -0.25) is 4.79 Å². The zero-order valence-corrected chi connectivity index (χ0v) is 10.7. The summed E-state index contributed by atoms with van der Waals surface area (Å²) >= 11 is 0. The van der Waals surface area contributed by atoms with Crippen LogP contribution < -0.4 is 9.88 Å². The molecule has 0 spiro atoms. The minimum atomic E-state index is -1.02. The van der Waals surface area contributed by atoms with E-state index in [1.54, 1.807) is 0 Å². The molecule has 0 aliphatic rings. The summed E-state index contributed by atoms with van der Waals surface area (Å²) < 4.78 is 2.04. The summed E-state index contributed by atoms with van der Waals surface area (Å²) in [5.41, 5.74) is 0.892. The maximum Gasteiger partial charge on any atom is 0.326 e. The van der Waals surface area contributed by atoms with E-state index in [0.717, 1.165) is 18.5 Å². The van der Waals surface area contributed by atoms with Crippen molar-refractivity contribution in [1.82, 2.24) is 5.32 Å². The molecular weight excluding hydrogens is 232 g/mol. The number of hydrogen-bond acceptors (Lipinski definition) is 2. The van der Waals surface area contributed by atoms with Crippen molar-refractivity contribution in [2.45, 2.75) is 39.3 Å². The van der Waals surface area contributed by atoms with Gasteiger partial charge in [0.15, 0.2) is 12.4 Å². The Hall–Kier alpha value is -1.91. The molecular formula is C13H19N2O3+. The number of carbonyl (C=O) groups is 2. The van der Waals surface area contributed by atoms with Gasteiger partial charge in [-0.2, -0.15) is 0 Å². The van der Waals surface area contributed by atoms with Crippen LogP contribution in [-0.4, -0.2) is 23.0 Å². The molecule has 1 aromatic rings. The molecule has 1 rings (SSSR count). The molecule has 0 saturated heterocycles. The van der Waals surface area contributed by atoms with Gasteiger partial charge >= 0.3 is 5.97 Å². The van der Waals surface area contributed by atoms with Crippen molar-refractivity contribution in [2.24, 2.45) is 0 Å². The number of nitrogens with one attached hydrogen (secondary N) is 1. The first-order chi connectivity index (χ1) is 8.52. The van der Waals surface area contributed by atoms with Gasteiger partial charge in [0.05, 0.1) is 0 Å². The number of carbonyl (C=O) groups excluding carboxylic acids is 1. The molecule has 1 heterocycles. The van der Waals surface area contributed by atoms with Crippen LogP contribution in [-0.2, 0) is 22.6 Å². The lowest BCUT2D eigenvalue weighted by Gasteiger charge is -2.12. The molecule has 18 heavy (non-hydrogen) atoms. The van der Waals surface area contributed by atoms with E-state index in [4.69, 9.17) is 5.11 Å². The second-order valence-electron chi connectivity index (χ2n) is 4.24. The second kappa shape index (κ2) is 6.74. The summed E-state index contributed by atoms with van der Waals surface area (Å²) in [6, 6.07) is 2.89. The van der Waals surface area contributed by atoms with E-state index in [9.17, 15) is 9.59 Å². The maximum absolute atomic E-state index is 11.0. The van der Waals surface area contributed by atoms with Gasteiger partial charge in [0.2, 0.25) is 5.91 Å². The molecule has 0 fully saturated rings. The zero-order chi connectivity index (χ0) is 13.5. The van der Waals surface area contributed by atoms with E-state index in [-0.39, 0.29) is 5.91 Å². The smallest absolute Gasteiger partial charge is 0.326 e. The molecule has 5 heteroatoms. The zero-order valence-electron chi connectivity index (χ0n) is 10.7. The average Bonchev–Trinajstić information content (AvgIpc) is 2.30. The monoisotopic (exact) mass is 251 g/mol. The van der Waals surface area contributed by atoms with E-state index in [1.807, 2.05) is 29.1 Å². The molecule has 0 aliphatic heterocycles. The van der Waals surface area contributed by atoms with E-state index in [1.165, 1.54) is 6.92 Å². The SMILES string of the molecule is CCC[n+]1ccc(C[C@@H](NC(C)=O)C(=O)O)cc1. The van der Waals surface area contributed by atoms with E-state index in [2.05, 4.69) is 12.2 Å². The quantitative estimate of drug-likeness (QED) is 0.724. The van der Waals surface area contributed by atoms with Gasteiger partial charge in [-0.05, 0) is 5.56 Å². The third-order valence-corrected chi connectivity index (χ3v) is 2.56. The fraction of sp³-hybridized carbons (Fsp3) is 0.462. The number of carboxylic acid groups (broad SMARTS) is 1. The third kappa shape index (κ3) is 4.53. The lowest BCUT2D eigenvalue weighted by Crippen LogP contribution is -2.41. The molecule has 1 atom stereocenters. The number of aromatic nitrogens is 1. The number of aryl methyl sites for hydroxylation is 1. The van der Waals surface area contributed by atoms with Gasteiger partial charge in [-0.15, -0.1) is 0 Å². The highest BCUT2D eigenvalue weighted by molar-refractivity contribution is 5.82. The van der Waals surface area contributed by atoms with Gasteiger partial charge in [0.25, 0.3) is 0 Å². The molecule has 0 saturated carbocycles. The summed E-state index contributed by atoms with van der Waals surface area (Å²) in [5, 5.41) is 11.4. The average molecular weight is 251 g/mol. The Kier molecular flexibility index (Phi) is 5.30. The Morgan fingerprint density at radius 3 is 2.44 bits per heavy atom. The predicted molar refractivity (Wildman–Crippen MR) is 65.9 cm³/mol. The minimum Gasteiger partial charge on any atom is -0.480 e. The summed E-state index contributed by atoms with van der Waals surface area (Å²) in [4.78, 5) is 21.9. The Bertz CT molecular complexity index is 415. The summed E-state index contributed by atoms with van der Waals surface area (Å²) in [6.07, 6.45) is 5.19. The largest absolute Gasteiger partial charge is 0.480 e. The normalized spacial score (nSPS) is 11.9. The lowest BCUT2D eigenvalue weighted by atomic mass is 10.1. The Morgan fingerprint density at radius 1 is 1.39 bits per heavy atom. The van der Waals surface area contributed by atoms with Gasteiger partial charge in [-0.25, -0.2) is 9.36 Å². The lowest BCUT2D eigenvalue weighted by molar-refractivity contribution is -0.697. The van der Waals surface area contributed by atoms with Gasteiger partial charge < -0.3 is 10.4 Å². The number of aliphatic carboxylic acids is 1. The second-order valence-corrected chi connectivity index (χ2v) is 4.24. The van der Waals surface area contributed by atoms with Crippen molar-refractivity contribution in [3.63, 3.8) is 0 Å².